The van der Waals surface area contributed by atoms with Gasteiger partial charge in [0.1, 0.15) is 0 Å². The van der Waals surface area contributed by atoms with E-state index in [-0.39, 0.29) is 0 Å². The maximum absolute atomic E-state index is 5.60. The van der Waals surface area contributed by atoms with Crippen molar-refractivity contribution in [3.05, 3.63) is 21.9 Å². The van der Waals surface area contributed by atoms with Gasteiger partial charge in [-0.2, -0.15) is 0 Å². The molecule has 0 radical (unpaired) electrons. The maximum atomic E-state index is 5.60. The van der Waals surface area contributed by atoms with Crippen LogP contribution in [-0.2, 0) is 17.7 Å². The third-order valence-corrected chi connectivity index (χ3v) is 5.48. The standard InChI is InChI=1S/C19H34N4OS/c1-15(2)14-24-10-5-8-21-19(20-4)22-12-16(3)23-9-6-18-17(13-23)7-11-25-18/h7,11,15-16H,5-6,8-10,12-14H2,1-4H3,(H2,20,21,22). The molecule has 25 heavy (non-hydrogen) atoms. The number of thiophene rings is 1. The second-order valence-corrected chi connectivity index (χ2v) is 8.14. The van der Waals surface area contributed by atoms with E-state index in [0.717, 1.165) is 51.8 Å². The molecule has 1 unspecified atom stereocenters. The van der Waals surface area contributed by atoms with Gasteiger partial charge in [-0.25, -0.2) is 0 Å². The quantitative estimate of drug-likeness (QED) is 0.401. The summed E-state index contributed by atoms with van der Waals surface area (Å²) >= 11 is 1.90. The van der Waals surface area contributed by atoms with Crippen LogP contribution in [0.3, 0.4) is 0 Å². The summed E-state index contributed by atoms with van der Waals surface area (Å²) in [6.45, 7) is 12.3. The number of hydrogen-bond acceptors (Lipinski definition) is 4. The number of hydrogen-bond donors (Lipinski definition) is 2. The molecule has 0 spiro atoms. The Kier molecular flexibility index (Phi) is 8.72. The second-order valence-electron chi connectivity index (χ2n) is 7.14. The van der Waals surface area contributed by atoms with Crippen molar-refractivity contribution in [2.75, 3.05) is 39.9 Å². The highest BCUT2D eigenvalue weighted by Gasteiger charge is 2.21. The molecule has 1 aliphatic rings. The molecule has 2 N–H and O–H groups in total. The highest BCUT2D eigenvalue weighted by atomic mass is 32.1. The van der Waals surface area contributed by atoms with E-state index in [0.29, 0.717) is 12.0 Å². The smallest absolute Gasteiger partial charge is 0.191 e. The molecule has 0 aromatic carbocycles. The predicted octanol–water partition coefficient (Wildman–Crippen LogP) is 2.72. The van der Waals surface area contributed by atoms with Crippen molar-refractivity contribution in [2.24, 2.45) is 10.9 Å². The Morgan fingerprint density at radius 1 is 1.36 bits per heavy atom. The first-order valence-electron chi connectivity index (χ1n) is 9.41. The second kappa shape index (κ2) is 10.8. The summed E-state index contributed by atoms with van der Waals surface area (Å²) in [4.78, 5) is 8.43. The number of ether oxygens (including phenoxy) is 1. The van der Waals surface area contributed by atoms with Gasteiger partial charge in [0.05, 0.1) is 0 Å². The van der Waals surface area contributed by atoms with E-state index in [4.69, 9.17) is 4.74 Å². The van der Waals surface area contributed by atoms with Gasteiger partial charge in [0, 0.05) is 57.4 Å². The Balaban J connectivity index is 1.62. The molecular formula is C19H34N4OS. The Morgan fingerprint density at radius 2 is 2.20 bits per heavy atom. The van der Waals surface area contributed by atoms with Gasteiger partial charge in [-0.1, -0.05) is 13.8 Å². The lowest BCUT2D eigenvalue weighted by Gasteiger charge is -2.32. The Morgan fingerprint density at radius 3 is 2.96 bits per heavy atom. The maximum Gasteiger partial charge on any atom is 0.191 e. The molecule has 0 saturated heterocycles. The minimum Gasteiger partial charge on any atom is -0.381 e. The van der Waals surface area contributed by atoms with Crippen molar-refractivity contribution in [3.8, 4) is 0 Å². The number of fused-ring (bicyclic) bond motifs is 1. The molecule has 0 aliphatic carbocycles. The van der Waals surface area contributed by atoms with Crippen LogP contribution in [0.2, 0.25) is 0 Å². The van der Waals surface area contributed by atoms with Crippen LogP contribution in [0.4, 0.5) is 0 Å². The first-order valence-corrected chi connectivity index (χ1v) is 10.3. The van der Waals surface area contributed by atoms with Crippen LogP contribution in [0.5, 0.6) is 0 Å². The molecule has 2 heterocycles. The summed E-state index contributed by atoms with van der Waals surface area (Å²) in [5, 5.41) is 9.04. The minimum absolute atomic E-state index is 0.487. The molecule has 0 bridgehead atoms. The molecule has 142 valence electrons. The van der Waals surface area contributed by atoms with Crippen LogP contribution in [0.15, 0.2) is 16.4 Å². The molecular weight excluding hydrogens is 332 g/mol. The zero-order valence-electron chi connectivity index (χ0n) is 16.2. The van der Waals surface area contributed by atoms with E-state index in [9.17, 15) is 0 Å². The molecule has 2 rings (SSSR count). The van der Waals surface area contributed by atoms with Crippen molar-refractivity contribution < 1.29 is 4.74 Å². The van der Waals surface area contributed by atoms with Gasteiger partial charge < -0.3 is 15.4 Å². The Bertz CT molecular complexity index is 529. The van der Waals surface area contributed by atoms with Crippen LogP contribution in [0, 0.1) is 5.92 Å². The molecule has 1 aliphatic heterocycles. The summed E-state index contributed by atoms with van der Waals surface area (Å²) in [5.41, 5.74) is 1.51. The third kappa shape index (κ3) is 6.96. The van der Waals surface area contributed by atoms with E-state index < -0.39 is 0 Å². The van der Waals surface area contributed by atoms with Crippen LogP contribution in [0.1, 0.15) is 37.6 Å². The predicted molar refractivity (Wildman–Crippen MR) is 108 cm³/mol. The Labute approximate surface area is 156 Å². The Hall–Kier alpha value is -1.11. The van der Waals surface area contributed by atoms with Crippen LogP contribution in [-0.4, -0.2) is 56.8 Å². The molecule has 1 aromatic rings. The highest BCUT2D eigenvalue weighted by molar-refractivity contribution is 7.10. The van der Waals surface area contributed by atoms with Gasteiger partial charge in [0.2, 0.25) is 0 Å². The first kappa shape index (κ1) is 20.2. The van der Waals surface area contributed by atoms with E-state index >= 15 is 0 Å². The lowest BCUT2D eigenvalue weighted by atomic mass is 10.1. The largest absolute Gasteiger partial charge is 0.381 e. The zero-order chi connectivity index (χ0) is 18.1. The van der Waals surface area contributed by atoms with E-state index in [1.165, 1.54) is 12.0 Å². The molecule has 0 amide bonds. The lowest BCUT2D eigenvalue weighted by molar-refractivity contribution is 0.108. The van der Waals surface area contributed by atoms with Crippen molar-refractivity contribution in [1.29, 1.82) is 0 Å². The number of aliphatic imine (C=N–C) groups is 1. The lowest BCUT2D eigenvalue weighted by Crippen LogP contribution is -2.47. The van der Waals surface area contributed by atoms with Crippen LogP contribution >= 0.6 is 11.3 Å². The summed E-state index contributed by atoms with van der Waals surface area (Å²) in [6.07, 6.45) is 2.18. The molecule has 0 saturated carbocycles. The first-order chi connectivity index (χ1) is 12.1. The molecule has 0 fully saturated rings. The highest BCUT2D eigenvalue weighted by Crippen LogP contribution is 2.24. The van der Waals surface area contributed by atoms with E-state index in [1.54, 1.807) is 4.88 Å². The third-order valence-electron chi connectivity index (χ3n) is 4.46. The van der Waals surface area contributed by atoms with Gasteiger partial charge in [0.25, 0.3) is 0 Å². The van der Waals surface area contributed by atoms with Gasteiger partial charge in [-0.05, 0) is 42.7 Å². The van der Waals surface area contributed by atoms with Gasteiger partial charge in [0.15, 0.2) is 5.96 Å². The summed E-state index contributed by atoms with van der Waals surface area (Å²) in [7, 11) is 1.83. The summed E-state index contributed by atoms with van der Waals surface area (Å²) < 4.78 is 5.60. The average Bonchev–Trinajstić information content (AvgIpc) is 3.07. The van der Waals surface area contributed by atoms with Crippen LogP contribution < -0.4 is 10.6 Å². The fourth-order valence-electron chi connectivity index (χ4n) is 2.94. The molecule has 1 aromatic heterocycles. The average molecular weight is 367 g/mol. The van der Waals surface area contributed by atoms with Crippen molar-refractivity contribution in [3.63, 3.8) is 0 Å². The molecule has 5 nitrogen and oxygen atoms in total. The monoisotopic (exact) mass is 366 g/mol. The van der Waals surface area contributed by atoms with E-state index in [1.807, 2.05) is 18.4 Å². The normalized spacial score (nSPS) is 16.8. The fraction of sp³-hybridized carbons (Fsp3) is 0.737. The summed E-state index contributed by atoms with van der Waals surface area (Å²) in [5.74, 6) is 1.48. The van der Waals surface area contributed by atoms with Crippen molar-refractivity contribution >= 4 is 17.3 Å². The fourth-order valence-corrected chi connectivity index (χ4v) is 3.83. The van der Waals surface area contributed by atoms with Gasteiger partial charge in [-0.15, -0.1) is 11.3 Å². The van der Waals surface area contributed by atoms with Crippen molar-refractivity contribution in [1.82, 2.24) is 15.5 Å². The molecule has 1 atom stereocenters. The number of nitrogens with one attached hydrogen (secondary N) is 2. The number of rotatable bonds is 9. The number of nitrogens with zero attached hydrogens (tertiary/aromatic N) is 2. The van der Waals surface area contributed by atoms with Gasteiger partial charge in [-0.3, -0.25) is 9.89 Å². The SMILES string of the molecule is CN=C(NCCCOCC(C)C)NCC(C)N1CCc2sccc2C1. The minimum atomic E-state index is 0.487. The van der Waals surface area contributed by atoms with Crippen LogP contribution in [0.25, 0.3) is 0 Å². The zero-order valence-corrected chi connectivity index (χ0v) is 17.0. The van der Waals surface area contributed by atoms with Gasteiger partial charge >= 0.3 is 0 Å². The number of guanidine groups is 1. The van der Waals surface area contributed by atoms with E-state index in [2.05, 4.69) is 52.7 Å². The topological polar surface area (TPSA) is 48.9 Å². The molecule has 6 heteroatoms. The van der Waals surface area contributed by atoms with Crippen molar-refractivity contribution in [2.45, 2.75) is 46.2 Å². The summed E-state index contributed by atoms with van der Waals surface area (Å²) in [6, 6.07) is 2.76.